The van der Waals surface area contributed by atoms with Crippen LogP contribution in [0.4, 0.5) is 4.39 Å². The number of aromatic nitrogens is 4. The molecule has 22 heavy (non-hydrogen) atoms. The molecule has 0 aliphatic carbocycles. The number of benzene rings is 2. The third-order valence-corrected chi connectivity index (χ3v) is 4.36. The molecule has 8 heteroatoms. The summed E-state index contributed by atoms with van der Waals surface area (Å²) in [5.41, 5.74) is 1.29. The zero-order chi connectivity index (χ0) is 15.5. The topological polar surface area (TPSA) is 63.8 Å². The van der Waals surface area contributed by atoms with E-state index in [0.29, 0.717) is 16.5 Å². The predicted octanol–water partition coefficient (Wildman–Crippen LogP) is 3.56. The largest absolute Gasteiger partial charge is 0.508 e. The number of nitrogens with zero attached hydrogens (tertiary/aromatic N) is 4. The summed E-state index contributed by atoms with van der Waals surface area (Å²) < 4.78 is 16.1. The van der Waals surface area contributed by atoms with Crippen LogP contribution in [0, 0.1) is 5.82 Å². The Balaban J connectivity index is 1.81. The minimum Gasteiger partial charge on any atom is -0.508 e. The Morgan fingerprint density at radius 2 is 1.95 bits per heavy atom. The highest BCUT2D eigenvalue weighted by Crippen LogP contribution is 2.26. The third kappa shape index (κ3) is 3.28. The Bertz CT molecular complexity index is 794. The van der Waals surface area contributed by atoms with Gasteiger partial charge in [0.05, 0.1) is 5.69 Å². The van der Waals surface area contributed by atoms with E-state index in [2.05, 4.69) is 31.5 Å². The zero-order valence-electron chi connectivity index (χ0n) is 11.1. The highest BCUT2D eigenvalue weighted by Gasteiger charge is 2.11. The molecule has 0 bridgehead atoms. The Kier molecular flexibility index (Phi) is 4.39. The second-order valence-corrected chi connectivity index (χ2v) is 6.27. The average Bonchev–Trinajstić information content (AvgIpc) is 2.97. The van der Waals surface area contributed by atoms with Gasteiger partial charge in [-0.25, -0.2) is 4.39 Å². The number of thioether (sulfide) groups is 1. The summed E-state index contributed by atoms with van der Waals surface area (Å²) in [6.45, 7) is 0. The monoisotopic (exact) mass is 380 g/mol. The number of tetrazole rings is 1. The molecule has 0 saturated carbocycles. The molecule has 0 radical (unpaired) electrons. The van der Waals surface area contributed by atoms with E-state index in [-0.39, 0.29) is 11.6 Å². The fourth-order valence-corrected chi connectivity index (χ4v) is 3.09. The first kappa shape index (κ1) is 15.0. The predicted molar refractivity (Wildman–Crippen MR) is 84.5 cm³/mol. The molecule has 1 aromatic heterocycles. The van der Waals surface area contributed by atoms with Gasteiger partial charge in [-0.1, -0.05) is 27.7 Å². The van der Waals surface area contributed by atoms with Crippen LogP contribution in [-0.4, -0.2) is 25.3 Å². The van der Waals surface area contributed by atoms with E-state index in [1.165, 1.54) is 17.8 Å². The van der Waals surface area contributed by atoms with E-state index in [4.69, 9.17) is 0 Å². The molecule has 112 valence electrons. The van der Waals surface area contributed by atoms with E-state index in [1.807, 2.05) is 0 Å². The number of hydrogen-bond acceptors (Lipinski definition) is 5. The quantitative estimate of drug-likeness (QED) is 0.701. The van der Waals surface area contributed by atoms with Gasteiger partial charge in [-0.05, 0) is 58.5 Å². The van der Waals surface area contributed by atoms with Crippen LogP contribution in [-0.2, 0) is 5.75 Å². The van der Waals surface area contributed by atoms with Crippen molar-refractivity contribution in [3.8, 4) is 11.4 Å². The SMILES string of the molecule is Oc1ccc(-n2nnnc2SCc2cc(Br)ccc2F)cc1. The van der Waals surface area contributed by atoms with Crippen LogP contribution in [0.5, 0.6) is 5.75 Å². The highest BCUT2D eigenvalue weighted by molar-refractivity contribution is 9.10. The lowest BCUT2D eigenvalue weighted by Crippen LogP contribution is -1.99. The van der Waals surface area contributed by atoms with Crippen molar-refractivity contribution in [1.29, 1.82) is 0 Å². The van der Waals surface area contributed by atoms with Gasteiger partial charge in [0, 0.05) is 10.2 Å². The fourth-order valence-electron chi connectivity index (χ4n) is 1.82. The number of rotatable bonds is 4. The van der Waals surface area contributed by atoms with Crippen LogP contribution in [0.25, 0.3) is 5.69 Å². The maximum Gasteiger partial charge on any atom is 0.214 e. The lowest BCUT2D eigenvalue weighted by molar-refractivity contribution is 0.475. The molecule has 0 amide bonds. The molecule has 0 fully saturated rings. The minimum absolute atomic E-state index is 0.169. The van der Waals surface area contributed by atoms with Crippen LogP contribution in [0.1, 0.15) is 5.56 Å². The molecule has 0 spiro atoms. The Morgan fingerprint density at radius 1 is 1.18 bits per heavy atom. The summed E-state index contributed by atoms with van der Waals surface area (Å²) in [4.78, 5) is 0. The highest BCUT2D eigenvalue weighted by atomic mass is 79.9. The van der Waals surface area contributed by atoms with Crippen LogP contribution in [0.2, 0.25) is 0 Å². The minimum atomic E-state index is -0.264. The normalized spacial score (nSPS) is 10.8. The van der Waals surface area contributed by atoms with Crippen molar-refractivity contribution in [1.82, 2.24) is 20.2 Å². The van der Waals surface area contributed by atoms with Gasteiger partial charge in [0.25, 0.3) is 0 Å². The van der Waals surface area contributed by atoms with Crippen LogP contribution in [0.15, 0.2) is 52.1 Å². The zero-order valence-corrected chi connectivity index (χ0v) is 13.6. The van der Waals surface area contributed by atoms with Crippen LogP contribution in [0.3, 0.4) is 0 Å². The smallest absolute Gasteiger partial charge is 0.214 e. The maximum atomic E-state index is 13.7. The van der Waals surface area contributed by atoms with E-state index < -0.39 is 0 Å². The first-order chi connectivity index (χ1) is 10.6. The van der Waals surface area contributed by atoms with Crippen molar-refractivity contribution in [2.75, 3.05) is 0 Å². The van der Waals surface area contributed by atoms with Gasteiger partial charge in [0.1, 0.15) is 11.6 Å². The van der Waals surface area contributed by atoms with Crippen molar-refractivity contribution in [3.63, 3.8) is 0 Å². The second-order valence-electron chi connectivity index (χ2n) is 4.41. The molecule has 2 aromatic carbocycles. The van der Waals surface area contributed by atoms with Gasteiger partial charge < -0.3 is 5.11 Å². The summed E-state index contributed by atoms with van der Waals surface area (Å²) in [7, 11) is 0. The fraction of sp³-hybridized carbons (Fsp3) is 0.0714. The summed E-state index contributed by atoms with van der Waals surface area (Å²) >= 11 is 4.66. The van der Waals surface area contributed by atoms with Gasteiger partial charge in [-0.15, -0.1) is 5.10 Å². The Labute approximate surface area is 138 Å². The standard InChI is InChI=1S/C14H10BrFN4OS/c15-10-1-6-13(16)9(7-10)8-22-14-17-18-19-20(14)11-2-4-12(21)5-3-11/h1-7,21H,8H2. The van der Waals surface area contributed by atoms with E-state index in [9.17, 15) is 9.50 Å². The van der Waals surface area contributed by atoms with Gasteiger partial charge in [-0.2, -0.15) is 4.68 Å². The van der Waals surface area contributed by atoms with Gasteiger partial charge in [-0.3, -0.25) is 0 Å². The summed E-state index contributed by atoms with van der Waals surface area (Å²) in [5, 5.41) is 21.4. The first-order valence-electron chi connectivity index (χ1n) is 6.28. The summed E-state index contributed by atoms with van der Waals surface area (Å²) in [5.74, 6) is 0.311. The molecule has 3 aromatic rings. The molecular formula is C14H10BrFN4OS. The summed E-state index contributed by atoms with van der Waals surface area (Å²) in [6, 6.07) is 11.3. The van der Waals surface area contributed by atoms with Gasteiger partial charge >= 0.3 is 0 Å². The summed E-state index contributed by atoms with van der Waals surface area (Å²) in [6.07, 6.45) is 0. The number of hydrogen-bond donors (Lipinski definition) is 1. The molecule has 3 rings (SSSR count). The molecule has 1 N–H and O–H groups in total. The number of phenols is 1. The van der Waals surface area contributed by atoms with Gasteiger partial charge in [0.2, 0.25) is 5.16 Å². The molecule has 0 saturated heterocycles. The first-order valence-corrected chi connectivity index (χ1v) is 8.06. The second kappa shape index (κ2) is 6.45. The Hall–Kier alpha value is -1.93. The molecule has 0 atom stereocenters. The molecule has 0 aliphatic rings. The number of phenolic OH excluding ortho intramolecular Hbond substituents is 1. The van der Waals surface area contributed by atoms with Crippen molar-refractivity contribution in [3.05, 3.63) is 58.3 Å². The maximum absolute atomic E-state index is 13.7. The van der Waals surface area contributed by atoms with Crippen molar-refractivity contribution in [2.45, 2.75) is 10.9 Å². The van der Waals surface area contributed by atoms with Crippen molar-refractivity contribution >= 4 is 27.7 Å². The molecular weight excluding hydrogens is 371 g/mol. The number of halogens is 2. The number of aromatic hydroxyl groups is 1. The third-order valence-electron chi connectivity index (χ3n) is 2.90. The van der Waals surface area contributed by atoms with Crippen molar-refractivity contribution in [2.24, 2.45) is 0 Å². The lowest BCUT2D eigenvalue weighted by atomic mass is 10.2. The van der Waals surface area contributed by atoms with Gasteiger partial charge in [0.15, 0.2) is 0 Å². The van der Waals surface area contributed by atoms with E-state index >= 15 is 0 Å². The Morgan fingerprint density at radius 3 is 2.73 bits per heavy atom. The lowest BCUT2D eigenvalue weighted by Gasteiger charge is -2.05. The van der Waals surface area contributed by atoms with Crippen LogP contribution < -0.4 is 0 Å². The molecule has 1 heterocycles. The van der Waals surface area contributed by atoms with Crippen molar-refractivity contribution < 1.29 is 9.50 Å². The van der Waals surface area contributed by atoms with Crippen LogP contribution >= 0.6 is 27.7 Å². The van der Waals surface area contributed by atoms with E-state index in [0.717, 1.165) is 10.2 Å². The van der Waals surface area contributed by atoms with E-state index in [1.54, 1.807) is 41.1 Å². The average molecular weight is 381 g/mol. The molecule has 5 nitrogen and oxygen atoms in total. The molecule has 0 unspecified atom stereocenters. The molecule has 0 aliphatic heterocycles.